The average molecular weight is 351 g/mol. The minimum Gasteiger partial charge on any atom is -0.497 e. The van der Waals surface area contributed by atoms with Crippen molar-refractivity contribution in [3.8, 4) is 5.75 Å². The van der Waals surface area contributed by atoms with E-state index >= 15 is 0 Å². The molecule has 0 aromatic heterocycles. The lowest BCUT2D eigenvalue weighted by Crippen LogP contribution is -2.20. The molecule has 0 bridgehead atoms. The summed E-state index contributed by atoms with van der Waals surface area (Å²) in [4.78, 5) is 0.194. The van der Waals surface area contributed by atoms with Crippen molar-refractivity contribution < 1.29 is 13.2 Å². The van der Waals surface area contributed by atoms with Crippen LogP contribution in [0.15, 0.2) is 53.4 Å². The summed E-state index contributed by atoms with van der Waals surface area (Å²) >= 11 is 5.22. The Kier molecular flexibility index (Phi) is 5.54. The van der Waals surface area contributed by atoms with E-state index < -0.39 is 10.0 Å². The molecule has 2 aromatic carbocycles. The molecule has 0 fully saturated rings. The van der Waals surface area contributed by atoms with Gasteiger partial charge in [0.1, 0.15) is 5.75 Å². The Morgan fingerprint density at radius 3 is 1.87 bits per heavy atom. The van der Waals surface area contributed by atoms with Gasteiger partial charge < -0.3 is 15.4 Å². The molecule has 0 saturated heterocycles. The minimum atomic E-state index is -3.44. The largest absolute Gasteiger partial charge is 0.497 e. The van der Waals surface area contributed by atoms with Gasteiger partial charge in [0.05, 0.1) is 12.0 Å². The molecule has 0 radical (unpaired) electrons. The highest BCUT2D eigenvalue weighted by atomic mass is 32.2. The van der Waals surface area contributed by atoms with Crippen LogP contribution in [0.5, 0.6) is 5.75 Å². The summed E-state index contributed by atoms with van der Waals surface area (Å²) in [5.74, 6) is 0.760. The van der Waals surface area contributed by atoms with Crippen LogP contribution in [-0.4, -0.2) is 27.7 Å². The second-order valence-electron chi connectivity index (χ2n) is 4.54. The van der Waals surface area contributed by atoms with E-state index in [1.165, 1.54) is 19.2 Å². The average Bonchev–Trinajstić information content (AvgIpc) is 2.56. The molecule has 6 nitrogen and oxygen atoms in total. The van der Waals surface area contributed by atoms with Crippen molar-refractivity contribution in [2.24, 2.45) is 0 Å². The third-order valence-corrected chi connectivity index (χ3v) is 4.67. The molecule has 122 valence electrons. The molecule has 3 N–H and O–H groups in total. The molecule has 0 aliphatic heterocycles. The van der Waals surface area contributed by atoms with Gasteiger partial charge in [-0.2, -0.15) is 0 Å². The molecule has 2 aromatic rings. The van der Waals surface area contributed by atoms with E-state index in [2.05, 4.69) is 15.4 Å². The van der Waals surface area contributed by atoms with Gasteiger partial charge in [-0.3, -0.25) is 0 Å². The summed E-state index contributed by atoms with van der Waals surface area (Å²) in [5.41, 5.74) is 1.50. The number of hydrogen-bond donors (Lipinski definition) is 3. The summed E-state index contributed by atoms with van der Waals surface area (Å²) in [6.07, 6.45) is 0. The fourth-order valence-corrected chi connectivity index (χ4v) is 2.77. The van der Waals surface area contributed by atoms with Crippen molar-refractivity contribution in [1.29, 1.82) is 0 Å². The van der Waals surface area contributed by atoms with E-state index in [1.807, 2.05) is 24.3 Å². The first-order valence-electron chi connectivity index (χ1n) is 6.70. The van der Waals surface area contributed by atoms with Gasteiger partial charge in [-0.1, -0.05) is 0 Å². The highest BCUT2D eigenvalue weighted by Gasteiger charge is 2.10. The van der Waals surface area contributed by atoms with Crippen molar-refractivity contribution >= 4 is 38.7 Å². The zero-order valence-corrected chi connectivity index (χ0v) is 14.3. The summed E-state index contributed by atoms with van der Waals surface area (Å²) in [5, 5.41) is 6.42. The molecule has 0 saturated carbocycles. The van der Waals surface area contributed by atoms with Crippen molar-refractivity contribution in [3.63, 3.8) is 0 Å². The van der Waals surface area contributed by atoms with E-state index in [4.69, 9.17) is 17.0 Å². The van der Waals surface area contributed by atoms with Gasteiger partial charge in [0.2, 0.25) is 10.0 Å². The molecule has 8 heteroatoms. The lowest BCUT2D eigenvalue weighted by Gasteiger charge is -2.11. The molecule has 0 heterocycles. The number of nitrogens with one attached hydrogen (secondary N) is 3. The number of benzene rings is 2. The molecule has 0 aliphatic rings. The van der Waals surface area contributed by atoms with Crippen LogP contribution in [-0.2, 0) is 10.0 Å². The summed E-state index contributed by atoms with van der Waals surface area (Å²) in [7, 11) is -0.463. The standard InChI is InChI=1S/C15H17N3O3S2/c1-16-23(19,20)14-9-5-12(6-10-14)18-15(22)17-11-3-7-13(21-2)8-4-11/h3-10,16H,1-2H3,(H2,17,18,22). The third-order valence-electron chi connectivity index (χ3n) is 3.04. The molecule has 0 atom stereocenters. The normalized spacial score (nSPS) is 10.9. The van der Waals surface area contributed by atoms with Crippen molar-refractivity contribution in [2.45, 2.75) is 4.90 Å². The first-order valence-corrected chi connectivity index (χ1v) is 8.59. The van der Waals surface area contributed by atoms with Crippen LogP contribution in [0.3, 0.4) is 0 Å². The van der Waals surface area contributed by atoms with Gasteiger partial charge in [-0.25, -0.2) is 13.1 Å². The number of ether oxygens (including phenoxy) is 1. The molecule has 2 rings (SSSR count). The topological polar surface area (TPSA) is 79.5 Å². The number of methoxy groups -OCH3 is 1. The smallest absolute Gasteiger partial charge is 0.240 e. The zero-order valence-electron chi connectivity index (χ0n) is 12.7. The second kappa shape index (κ2) is 7.40. The summed E-state index contributed by atoms with van der Waals surface area (Å²) < 4.78 is 30.6. The first kappa shape index (κ1) is 17.2. The van der Waals surface area contributed by atoms with Crippen LogP contribution in [0.2, 0.25) is 0 Å². The molecule has 0 spiro atoms. The van der Waals surface area contributed by atoms with Crippen molar-refractivity contribution in [3.05, 3.63) is 48.5 Å². The van der Waals surface area contributed by atoms with Crippen LogP contribution in [0.1, 0.15) is 0 Å². The number of sulfonamides is 1. The Labute approximate surface area is 140 Å². The van der Waals surface area contributed by atoms with E-state index in [0.717, 1.165) is 11.4 Å². The Balaban J connectivity index is 1.99. The van der Waals surface area contributed by atoms with Gasteiger partial charge in [0.15, 0.2) is 5.11 Å². The Morgan fingerprint density at radius 1 is 0.957 bits per heavy atom. The summed E-state index contributed by atoms with van der Waals surface area (Å²) in [6.45, 7) is 0. The van der Waals surface area contributed by atoms with E-state index in [9.17, 15) is 8.42 Å². The van der Waals surface area contributed by atoms with Gasteiger partial charge >= 0.3 is 0 Å². The Hall–Kier alpha value is -2.16. The second-order valence-corrected chi connectivity index (χ2v) is 6.83. The molecule has 0 unspecified atom stereocenters. The van der Waals surface area contributed by atoms with Crippen LogP contribution in [0, 0.1) is 0 Å². The van der Waals surface area contributed by atoms with Crippen LogP contribution >= 0.6 is 12.2 Å². The molecular weight excluding hydrogens is 334 g/mol. The predicted molar refractivity (Wildman–Crippen MR) is 95.5 cm³/mol. The number of thiocarbonyl (C=S) groups is 1. The highest BCUT2D eigenvalue weighted by molar-refractivity contribution is 7.89. The summed E-state index contributed by atoms with van der Waals surface area (Å²) in [6, 6.07) is 13.6. The Bertz CT molecular complexity index is 773. The lowest BCUT2D eigenvalue weighted by atomic mass is 10.3. The van der Waals surface area contributed by atoms with Crippen molar-refractivity contribution in [1.82, 2.24) is 4.72 Å². The SMILES string of the molecule is CNS(=O)(=O)c1ccc(NC(=S)Nc2ccc(OC)cc2)cc1. The monoisotopic (exact) mass is 351 g/mol. The van der Waals surface area contributed by atoms with E-state index in [-0.39, 0.29) is 4.90 Å². The lowest BCUT2D eigenvalue weighted by molar-refractivity contribution is 0.415. The van der Waals surface area contributed by atoms with Gasteiger partial charge in [-0.05, 0) is 67.8 Å². The fraction of sp³-hybridized carbons (Fsp3) is 0.133. The maximum atomic E-state index is 11.6. The maximum Gasteiger partial charge on any atom is 0.240 e. The fourth-order valence-electron chi connectivity index (χ4n) is 1.80. The van der Waals surface area contributed by atoms with Crippen LogP contribution < -0.4 is 20.1 Å². The van der Waals surface area contributed by atoms with Gasteiger partial charge in [0, 0.05) is 11.4 Å². The van der Waals surface area contributed by atoms with Crippen molar-refractivity contribution in [2.75, 3.05) is 24.8 Å². The quantitative estimate of drug-likeness (QED) is 0.718. The Morgan fingerprint density at radius 2 is 1.43 bits per heavy atom. The van der Waals surface area contributed by atoms with Gasteiger partial charge in [0.25, 0.3) is 0 Å². The molecular formula is C15H17N3O3S2. The minimum absolute atomic E-state index is 0.194. The van der Waals surface area contributed by atoms with Crippen LogP contribution in [0.25, 0.3) is 0 Å². The third kappa shape index (κ3) is 4.65. The van der Waals surface area contributed by atoms with E-state index in [0.29, 0.717) is 10.8 Å². The first-order chi connectivity index (χ1) is 10.9. The number of anilines is 2. The number of hydrogen-bond acceptors (Lipinski definition) is 4. The maximum absolute atomic E-state index is 11.6. The molecule has 23 heavy (non-hydrogen) atoms. The van der Waals surface area contributed by atoms with E-state index in [1.54, 1.807) is 19.2 Å². The molecule has 0 amide bonds. The highest BCUT2D eigenvalue weighted by Crippen LogP contribution is 2.17. The number of rotatable bonds is 5. The van der Waals surface area contributed by atoms with Gasteiger partial charge in [-0.15, -0.1) is 0 Å². The zero-order chi connectivity index (χ0) is 16.9. The molecule has 0 aliphatic carbocycles. The van der Waals surface area contributed by atoms with Crippen LogP contribution in [0.4, 0.5) is 11.4 Å². The predicted octanol–water partition coefficient (Wildman–Crippen LogP) is 2.41.